The quantitative estimate of drug-likeness (QED) is 0.861. The molecule has 0 saturated carbocycles. The topological polar surface area (TPSA) is 51.2 Å². The SMILES string of the molecule is CC(C)Oc1ncccc1NC(=O)c1ccc(Cl)cc1Br. The number of carbonyl (C=O) groups is 1. The van der Waals surface area contributed by atoms with E-state index in [1.807, 2.05) is 13.8 Å². The van der Waals surface area contributed by atoms with Gasteiger partial charge in [-0.25, -0.2) is 4.98 Å². The molecule has 1 amide bonds. The fourth-order valence-electron chi connectivity index (χ4n) is 1.67. The number of hydrogen-bond donors (Lipinski definition) is 1. The van der Waals surface area contributed by atoms with Crippen molar-refractivity contribution in [1.82, 2.24) is 4.98 Å². The molecule has 1 heterocycles. The minimum atomic E-state index is -0.264. The van der Waals surface area contributed by atoms with Crippen LogP contribution in [0.5, 0.6) is 5.88 Å². The number of halogens is 2. The summed E-state index contributed by atoms with van der Waals surface area (Å²) in [5.41, 5.74) is 1.01. The molecule has 1 aromatic carbocycles. The summed E-state index contributed by atoms with van der Waals surface area (Å²) in [6.07, 6.45) is 1.59. The Kier molecular flexibility index (Phi) is 5.20. The van der Waals surface area contributed by atoms with E-state index >= 15 is 0 Å². The van der Waals surface area contributed by atoms with Crippen LogP contribution in [0.2, 0.25) is 5.02 Å². The van der Waals surface area contributed by atoms with Crippen molar-refractivity contribution in [2.45, 2.75) is 20.0 Å². The number of amides is 1. The fraction of sp³-hybridized carbons (Fsp3) is 0.200. The van der Waals surface area contributed by atoms with Crippen molar-refractivity contribution < 1.29 is 9.53 Å². The minimum Gasteiger partial charge on any atom is -0.473 e. The molecule has 2 rings (SSSR count). The summed E-state index contributed by atoms with van der Waals surface area (Å²) in [5, 5.41) is 3.35. The van der Waals surface area contributed by atoms with Crippen LogP contribution >= 0.6 is 27.5 Å². The Morgan fingerprint density at radius 2 is 2.14 bits per heavy atom. The molecule has 0 unspecified atom stereocenters. The number of ether oxygens (including phenoxy) is 1. The normalized spacial score (nSPS) is 10.5. The van der Waals surface area contributed by atoms with Crippen LogP contribution in [0.4, 0.5) is 5.69 Å². The van der Waals surface area contributed by atoms with Crippen molar-refractivity contribution >= 4 is 39.1 Å². The molecule has 0 fully saturated rings. The highest BCUT2D eigenvalue weighted by atomic mass is 79.9. The molecule has 0 radical (unpaired) electrons. The van der Waals surface area contributed by atoms with Gasteiger partial charge in [0.2, 0.25) is 5.88 Å². The molecule has 0 bridgehead atoms. The fourth-order valence-corrected chi connectivity index (χ4v) is 2.53. The Balaban J connectivity index is 2.23. The third kappa shape index (κ3) is 4.19. The lowest BCUT2D eigenvalue weighted by Crippen LogP contribution is -2.15. The molecule has 4 nitrogen and oxygen atoms in total. The number of pyridine rings is 1. The van der Waals surface area contributed by atoms with Crippen LogP contribution in [0.1, 0.15) is 24.2 Å². The number of anilines is 1. The molecule has 1 aromatic heterocycles. The summed E-state index contributed by atoms with van der Waals surface area (Å²) >= 11 is 9.20. The van der Waals surface area contributed by atoms with Crippen molar-refractivity contribution in [3.05, 3.63) is 51.6 Å². The highest BCUT2D eigenvalue weighted by molar-refractivity contribution is 9.10. The Morgan fingerprint density at radius 1 is 1.38 bits per heavy atom. The second kappa shape index (κ2) is 6.91. The lowest BCUT2D eigenvalue weighted by Gasteiger charge is -2.13. The first-order valence-electron chi connectivity index (χ1n) is 6.35. The average Bonchev–Trinajstić information content (AvgIpc) is 2.40. The molecule has 0 aliphatic rings. The maximum absolute atomic E-state index is 12.3. The molecule has 6 heteroatoms. The van der Waals surface area contributed by atoms with Gasteiger partial charge in [-0.2, -0.15) is 0 Å². The van der Waals surface area contributed by atoms with Gasteiger partial charge < -0.3 is 10.1 Å². The van der Waals surface area contributed by atoms with E-state index in [-0.39, 0.29) is 12.0 Å². The van der Waals surface area contributed by atoms with Gasteiger partial charge in [-0.15, -0.1) is 0 Å². The number of nitrogens with zero attached hydrogens (tertiary/aromatic N) is 1. The summed E-state index contributed by atoms with van der Waals surface area (Å²) in [6.45, 7) is 3.80. The lowest BCUT2D eigenvalue weighted by molar-refractivity contribution is 0.102. The van der Waals surface area contributed by atoms with Crippen LogP contribution < -0.4 is 10.1 Å². The van der Waals surface area contributed by atoms with Gasteiger partial charge in [0.1, 0.15) is 5.69 Å². The van der Waals surface area contributed by atoms with Gasteiger partial charge in [-0.05, 0) is 60.1 Å². The molecule has 0 spiro atoms. The Labute approximate surface area is 136 Å². The van der Waals surface area contributed by atoms with Crippen LogP contribution in [-0.4, -0.2) is 17.0 Å². The number of benzene rings is 1. The van der Waals surface area contributed by atoms with E-state index in [9.17, 15) is 4.79 Å². The summed E-state index contributed by atoms with van der Waals surface area (Å²) in [5.74, 6) is 0.131. The van der Waals surface area contributed by atoms with E-state index in [1.54, 1.807) is 36.5 Å². The van der Waals surface area contributed by atoms with Crippen molar-refractivity contribution in [2.75, 3.05) is 5.32 Å². The first-order valence-corrected chi connectivity index (χ1v) is 7.52. The van der Waals surface area contributed by atoms with Gasteiger partial charge in [0, 0.05) is 15.7 Å². The average molecular weight is 370 g/mol. The van der Waals surface area contributed by atoms with Gasteiger partial charge >= 0.3 is 0 Å². The van der Waals surface area contributed by atoms with Gasteiger partial charge in [0.15, 0.2) is 0 Å². The van der Waals surface area contributed by atoms with Crippen molar-refractivity contribution in [3.63, 3.8) is 0 Å². The largest absolute Gasteiger partial charge is 0.473 e. The smallest absolute Gasteiger partial charge is 0.256 e. The first kappa shape index (κ1) is 15.8. The molecule has 110 valence electrons. The molecular weight excluding hydrogens is 356 g/mol. The predicted octanol–water partition coefficient (Wildman–Crippen LogP) is 4.54. The van der Waals surface area contributed by atoms with Gasteiger partial charge in [0.05, 0.1) is 11.7 Å². The van der Waals surface area contributed by atoms with Crippen molar-refractivity contribution in [1.29, 1.82) is 0 Å². The van der Waals surface area contributed by atoms with Crippen LogP contribution in [0.3, 0.4) is 0 Å². The molecule has 0 aliphatic carbocycles. The van der Waals surface area contributed by atoms with Crippen LogP contribution in [0, 0.1) is 0 Å². The maximum Gasteiger partial charge on any atom is 0.256 e. The second-order valence-corrected chi connectivity index (χ2v) is 5.89. The molecule has 1 N–H and O–H groups in total. The second-order valence-electron chi connectivity index (χ2n) is 4.60. The van der Waals surface area contributed by atoms with Crippen molar-refractivity contribution in [2.24, 2.45) is 0 Å². The molecule has 0 saturated heterocycles. The Bertz CT molecular complexity index is 662. The van der Waals surface area contributed by atoms with E-state index in [2.05, 4.69) is 26.2 Å². The number of nitrogens with one attached hydrogen (secondary N) is 1. The van der Waals surface area contributed by atoms with Gasteiger partial charge in [-0.3, -0.25) is 4.79 Å². The van der Waals surface area contributed by atoms with Crippen molar-refractivity contribution in [3.8, 4) is 5.88 Å². The van der Waals surface area contributed by atoms with E-state index in [0.717, 1.165) is 0 Å². The number of hydrogen-bond acceptors (Lipinski definition) is 3. The summed E-state index contributed by atoms with van der Waals surface area (Å²) < 4.78 is 6.20. The monoisotopic (exact) mass is 368 g/mol. The zero-order valence-electron chi connectivity index (χ0n) is 11.6. The summed E-state index contributed by atoms with van der Waals surface area (Å²) in [6, 6.07) is 8.47. The van der Waals surface area contributed by atoms with Gasteiger partial charge in [0.25, 0.3) is 5.91 Å². The molecule has 21 heavy (non-hydrogen) atoms. The predicted molar refractivity (Wildman–Crippen MR) is 87.1 cm³/mol. The van der Waals surface area contributed by atoms with Crippen LogP contribution in [0.15, 0.2) is 41.0 Å². The Hall–Kier alpha value is -1.59. The first-order chi connectivity index (χ1) is 9.97. The lowest BCUT2D eigenvalue weighted by atomic mass is 10.2. The molecule has 0 atom stereocenters. The molecule has 0 aliphatic heterocycles. The zero-order valence-corrected chi connectivity index (χ0v) is 13.9. The number of aromatic nitrogens is 1. The van der Waals surface area contributed by atoms with E-state index < -0.39 is 0 Å². The van der Waals surface area contributed by atoms with Crippen LogP contribution in [-0.2, 0) is 0 Å². The van der Waals surface area contributed by atoms with Crippen LogP contribution in [0.25, 0.3) is 0 Å². The Morgan fingerprint density at radius 3 is 2.81 bits per heavy atom. The number of carbonyl (C=O) groups excluding carboxylic acids is 1. The zero-order chi connectivity index (χ0) is 15.4. The van der Waals surface area contributed by atoms with E-state index in [4.69, 9.17) is 16.3 Å². The summed E-state index contributed by atoms with van der Waals surface area (Å²) in [4.78, 5) is 16.4. The summed E-state index contributed by atoms with van der Waals surface area (Å²) in [7, 11) is 0. The maximum atomic E-state index is 12.3. The highest BCUT2D eigenvalue weighted by Crippen LogP contribution is 2.25. The van der Waals surface area contributed by atoms with Gasteiger partial charge in [-0.1, -0.05) is 11.6 Å². The third-order valence-electron chi connectivity index (χ3n) is 2.54. The standard InChI is InChI=1S/C15H14BrClN2O2/c1-9(2)21-15-13(4-3-7-18-15)19-14(20)11-6-5-10(17)8-12(11)16/h3-9H,1-2H3,(H,19,20). The third-order valence-corrected chi connectivity index (χ3v) is 3.43. The molecule has 2 aromatic rings. The molecular formula is C15H14BrClN2O2. The van der Waals surface area contributed by atoms with E-state index in [0.29, 0.717) is 26.6 Å². The minimum absolute atomic E-state index is 0.0298. The highest BCUT2D eigenvalue weighted by Gasteiger charge is 2.14. The van der Waals surface area contributed by atoms with E-state index in [1.165, 1.54) is 0 Å². The number of rotatable bonds is 4.